The number of aliphatic imine (C=N–C) groups is 1. The molecule has 3 fully saturated rings. The first-order valence-electron chi connectivity index (χ1n) is 9.93. The molecule has 1 N–H and O–H groups in total. The number of nitrogens with zero attached hydrogens (tertiary/aromatic N) is 2. The number of ether oxygens (including phenoxy) is 1. The second-order valence-electron chi connectivity index (χ2n) is 8.06. The number of likely N-dealkylation sites (tertiary alicyclic amines) is 1. The molecule has 6 nitrogen and oxygen atoms in total. The molecule has 8 heteroatoms. The minimum atomic E-state index is -2.84. The third-order valence-electron chi connectivity index (χ3n) is 5.81. The fraction of sp³-hybridized carbons (Fsp3) is 0.650. The molecule has 3 aliphatic rings. The first kappa shape index (κ1) is 21.7. The van der Waals surface area contributed by atoms with Gasteiger partial charge in [-0.3, -0.25) is 4.99 Å². The molecular formula is C20H30IN3O3S. The molecule has 2 saturated heterocycles. The van der Waals surface area contributed by atoms with Crippen LogP contribution in [0.4, 0.5) is 0 Å². The number of halogens is 1. The number of hydrogen-bond acceptors (Lipinski definition) is 4. The molecule has 0 bridgehead atoms. The van der Waals surface area contributed by atoms with E-state index in [1.54, 1.807) is 7.11 Å². The number of hydrogen-bond donors (Lipinski definition) is 1. The maximum absolute atomic E-state index is 11.7. The van der Waals surface area contributed by atoms with Crippen LogP contribution < -0.4 is 10.1 Å². The summed E-state index contributed by atoms with van der Waals surface area (Å²) < 4.78 is 28.6. The van der Waals surface area contributed by atoms with E-state index in [0.29, 0.717) is 30.0 Å². The largest absolute Gasteiger partial charge is 0.497 e. The van der Waals surface area contributed by atoms with E-state index in [1.807, 2.05) is 12.1 Å². The van der Waals surface area contributed by atoms with E-state index in [9.17, 15) is 8.42 Å². The van der Waals surface area contributed by atoms with Crippen molar-refractivity contribution in [2.75, 3.05) is 38.2 Å². The summed E-state index contributed by atoms with van der Waals surface area (Å²) in [5.41, 5.74) is 1.34. The summed E-state index contributed by atoms with van der Waals surface area (Å²) in [6.07, 6.45) is 4.26. The van der Waals surface area contributed by atoms with Gasteiger partial charge in [-0.2, -0.15) is 0 Å². The molecule has 1 saturated carbocycles. The zero-order valence-electron chi connectivity index (χ0n) is 16.3. The number of sulfone groups is 1. The number of benzene rings is 1. The van der Waals surface area contributed by atoms with Gasteiger partial charge in [-0.25, -0.2) is 8.42 Å². The minimum absolute atomic E-state index is 0. The number of methoxy groups -OCH3 is 1. The Morgan fingerprint density at radius 3 is 2.57 bits per heavy atom. The standard InChI is InChI=1S/C20H29N3O3S.HI/c1-26-19-6-2-16(3-7-19)17-8-10-23(13-17)20(22-18-4-5-18)21-12-15-9-11-27(24,25)14-15;/h2-3,6-7,15,17-18H,4-5,8-14H2,1H3,(H,21,22);1H. The molecule has 0 aromatic heterocycles. The molecule has 2 heterocycles. The average molecular weight is 519 g/mol. The predicted octanol–water partition coefficient (Wildman–Crippen LogP) is 2.65. The van der Waals surface area contributed by atoms with Gasteiger partial charge in [0.05, 0.1) is 18.6 Å². The van der Waals surface area contributed by atoms with Gasteiger partial charge in [0.25, 0.3) is 0 Å². The summed E-state index contributed by atoms with van der Waals surface area (Å²) in [7, 11) is -1.15. The SMILES string of the molecule is COc1ccc(C2CCN(C(=NCC3CCS(=O)(=O)C3)NC3CC3)C2)cc1.I. The molecule has 0 amide bonds. The summed E-state index contributed by atoms with van der Waals surface area (Å²) >= 11 is 0. The van der Waals surface area contributed by atoms with Crippen molar-refractivity contribution in [3.8, 4) is 5.75 Å². The molecular weight excluding hydrogens is 489 g/mol. The Labute approximate surface area is 185 Å². The van der Waals surface area contributed by atoms with Crippen molar-refractivity contribution < 1.29 is 13.2 Å². The molecule has 1 aromatic carbocycles. The molecule has 4 rings (SSSR count). The summed E-state index contributed by atoms with van der Waals surface area (Å²) in [5.74, 6) is 3.14. The van der Waals surface area contributed by atoms with E-state index < -0.39 is 9.84 Å². The summed E-state index contributed by atoms with van der Waals surface area (Å²) in [4.78, 5) is 7.18. The van der Waals surface area contributed by atoms with Crippen molar-refractivity contribution in [3.05, 3.63) is 29.8 Å². The van der Waals surface area contributed by atoms with E-state index in [1.165, 1.54) is 18.4 Å². The van der Waals surface area contributed by atoms with Gasteiger partial charge in [0.1, 0.15) is 5.75 Å². The van der Waals surface area contributed by atoms with E-state index in [2.05, 4.69) is 22.3 Å². The van der Waals surface area contributed by atoms with Gasteiger partial charge in [0.15, 0.2) is 15.8 Å². The Kier molecular flexibility index (Phi) is 7.12. The van der Waals surface area contributed by atoms with Crippen molar-refractivity contribution in [2.24, 2.45) is 10.9 Å². The highest BCUT2D eigenvalue weighted by molar-refractivity contribution is 14.0. The third kappa shape index (κ3) is 5.52. The van der Waals surface area contributed by atoms with Crippen LogP contribution in [0.1, 0.15) is 37.2 Å². The smallest absolute Gasteiger partial charge is 0.194 e. The normalized spacial score (nSPS) is 26.8. The van der Waals surface area contributed by atoms with E-state index in [4.69, 9.17) is 9.73 Å². The lowest BCUT2D eigenvalue weighted by Gasteiger charge is -2.23. The Morgan fingerprint density at radius 1 is 1.21 bits per heavy atom. The Morgan fingerprint density at radius 2 is 1.96 bits per heavy atom. The van der Waals surface area contributed by atoms with Crippen LogP contribution >= 0.6 is 24.0 Å². The molecule has 2 unspecified atom stereocenters. The van der Waals surface area contributed by atoms with Crippen molar-refractivity contribution >= 4 is 39.8 Å². The van der Waals surface area contributed by atoms with E-state index >= 15 is 0 Å². The van der Waals surface area contributed by atoms with Crippen molar-refractivity contribution in [1.29, 1.82) is 0 Å². The first-order valence-corrected chi connectivity index (χ1v) is 11.7. The topological polar surface area (TPSA) is 71.0 Å². The molecule has 1 aromatic rings. The van der Waals surface area contributed by atoms with Crippen LogP contribution in [0.15, 0.2) is 29.3 Å². The third-order valence-corrected chi connectivity index (χ3v) is 7.65. The molecule has 28 heavy (non-hydrogen) atoms. The molecule has 156 valence electrons. The van der Waals surface area contributed by atoms with Gasteiger partial charge < -0.3 is 15.0 Å². The summed E-state index contributed by atoms with van der Waals surface area (Å²) in [5, 5.41) is 3.57. The average Bonchev–Trinajstić information content (AvgIpc) is 3.22. The lowest BCUT2D eigenvalue weighted by molar-refractivity contribution is 0.414. The molecule has 2 aliphatic heterocycles. The van der Waals surface area contributed by atoms with Crippen LogP contribution in [-0.4, -0.2) is 63.6 Å². The summed E-state index contributed by atoms with van der Waals surface area (Å²) in [6, 6.07) is 8.89. The van der Waals surface area contributed by atoms with Crippen LogP contribution in [0.25, 0.3) is 0 Å². The second-order valence-corrected chi connectivity index (χ2v) is 10.3. The van der Waals surface area contributed by atoms with Crippen LogP contribution in [0, 0.1) is 5.92 Å². The highest BCUT2D eigenvalue weighted by Gasteiger charge is 2.31. The molecule has 0 spiro atoms. The van der Waals surface area contributed by atoms with Gasteiger partial charge in [-0.15, -0.1) is 24.0 Å². The highest BCUT2D eigenvalue weighted by atomic mass is 127. The maximum Gasteiger partial charge on any atom is 0.194 e. The van der Waals surface area contributed by atoms with Crippen molar-refractivity contribution in [3.63, 3.8) is 0 Å². The zero-order valence-corrected chi connectivity index (χ0v) is 19.5. The second kappa shape index (κ2) is 9.19. The zero-order chi connectivity index (χ0) is 18.9. The van der Waals surface area contributed by atoms with Gasteiger partial charge in [-0.1, -0.05) is 12.1 Å². The molecule has 1 aliphatic carbocycles. The van der Waals surface area contributed by atoms with Gasteiger partial charge in [-0.05, 0) is 49.3 Å². The first-order chi connectivity index (χ1) is 13.0. The molecule has 0 radical (unpaired) electrons. The fourth-order valence-electron chi connectivity index (χ4n) is 3.98. The monoisotopic (exact) mass is 519 g/mol. The highest BCUT2D eigenvalue weighted by Crippen LogP contribution is 2.29. The molecule has 2 atom stereocenters. The predicted molar refractivity (Wildman–Crippen MR) is 123 cm³/mol. The van der Waals surface area contributed by atoms with E-state index in [-0.39, 0.29) is 29.9 Å². The van der Waals surface area contributed by atoms with E-state index in [0.717, 1.165) is 37.6 Å². The minimum Gasteiger partial charge on any atom is -0.497 e. The van der Waals surface area contributed by atoms with Crippen LogP contribution in [0.3, 0.4) is 0 Å². The van der Waals surface area contributed by atoms with Crippen LogP contribution in [0.5, 0.6) is 5.75 Å². The Balaban J connectivity index is 0.00000225. The fourth-order valence-corrected chi connectivity index (χ4v) is 5.83. The Hall–Kier alpha value is -1.03. The number of nitrogens with one attached hydrogen (secondary N) is 1. The number of guanidine groups is 1. The Bertz CT molecular complexity index is 793. The van der Waals surface area contributed by atoms with Crippen molar-refractivity contribution in [1.82, 2.24) is 10.2 Å². The van der Waals surface area contributed by atoms with Gasteiger partial charge >= 0.3 is 0 Å². The van der Waals surface area contributed by atoms with Crippen LogP contribution in [-0.2, 0) is 9.84 Å². The number of rotatable bonds is 5. The van der Waals surface area contributed by atoms with Gasteiger partial charge in [0, 0.05) is 31.6 Å². The lowest BCUT2D eigenvalue weighted by Crippen LogP contribution is -2.41. The van der Waals surface area contributed by atoms with Crippen LogP contribution in [0.2, 0.25) is 0 Å². The lowest BCUT2D eigenvalue weighted by atomic mass is 9.98. The van der Waals surface area contributed by atoms with Crippen molar-refractivity contribution in [2.45, 2.75) is 37.6 Å². The van der Waals surface area contributed by atoms with Gasteiger partial charge in [0.2, 0.25) is 0 Å². The maximum atomic E-state index is 11.7. The summed E-state index contributed by atoms with van der Waals surface area (Å²) in [6.45, 7) is 2.55. The quantitative estimate of drug-likeness (QED) is 0.368.